The van der Waals surface area contributed by atoms with Crippen LogP contribution in [0.15, 0.2) is 24.3 Å². The first kappa shape index (κ1) is 13.3. The molecule has 17 heavy (non-hydrogen) atoms. The molecule has 0 spiro atoms. The fourth-order valence-electron chi connectivity index (χ4n) is 1.10. The Morgan fingerprint density at radius 1 is 1.47 bits per heavy atom. The highest BCUT2D eigenvalue weighted by molar-refractivity contribution is 8.13. The fraction of sp³-hybridized carbons (Fsp3) is 0.167. The summed E-state index contributed by atoms with van der Waals surface area (Å²) in [4.78, 5) is 21.9. The zero-order chi connectivity index (χ0) is 12.7. The monoisotopic (exact) mass is 248 g/mol. The number of nitrogens with one attached hydrogen (secondary N) is 1. The highest BCUT2D eigenvalue weighted by atomic mass is 32.2. The first-order valence-corrected chi connectivity index (χ1v) is 5.85. The summed E-state index contributed by atoms with van der Waals surface area (Å²) in [6, 6.07) is 6.82. The molecule has 0 aliphatic heterocycles. The highest BCUT2D eigenvalue weighted by Gasteiger charge is 2.02. The van der Waals surface area contributed by atoms with Gasteiger partial charge >= 0.3 is 0 Å². The topological polar surface area (TPSA) is 72.2 Å². The van der Waals surface area contributed by atoms with Crippen molar-refractivity contribution in [2.24, 2.45) is 5.84 Å². The molecular weight excluding hydrogens is 236 g/mol. The molecule has 0 aromatic heterocycles. The number of benzene rings is 1. The standard InChI is InChI=1S/C12H12N2O2S/c1-9(15)17-7-3-5-10-4-2-6-11(8-10)12(16)14-13/h2,4,6,8H,7,13H2,1H3,(H,14,16). The van der Waals surface area contributed by atoms with E-state index >= 15 is 0 Å². The zero-order valence-electron chi connectivity index (χ0n) is 9.32. The SMILES string of the molecule is CC(=O)SCC#Cc1cccc(C(=O)NN)c1. The molecule has 0 radical (unpaired) electrons. The van der Waals surface area contributed by atoms with Crippen molar-refractivity contribution in [2.75, 3.05) is 5.75 Å². The second-order valence-corrected chi connectivity index (χ2v) is 4.29. The summed E-state index contributed by atoms with van der Waals surface area (Å²) >= 11 is 1.15. The molecule has 88 valence electrons. The van der Waals surface area contributed by atoms with Crippen LogP contribution in [0.4, 0.5) is 0 Å². The minimum Gasteiger partial charge on any atom is -0.290 e. The number of thioether (sulfide) groups is 1. The molecule has 1 rings (SSSR count). The summed E-state index contributed by atoms with van der Waals surface area (Å²) in [6.45, 7) is 1.50. The number of amides is 1. The van der Waals surface area contributed by atoms with Gasteiger partial charge in [0.2, 0.25) is 0 Å². The Morgan fingerprint density at radius 2 is 2.24 bits per heavy atom. The Balaban J connectivity index is 2.71. The predicted octanol–water partition coefficient (Wildman–Crippen LogP) is 0.921. The fourth-order valence-corrected chi connectivity index (χ4v) is 1.44. The molecule has 0 bridgehead atoms. The van der Waals surface area contributed by atoms with Crippen LogP contribution in [0.2, 0.25) is 0 Å². The van der Waals surface area contributed by atoms with Gasteiger partial charge in [-0.3, -0.25) is 15.0 Å². The Hall–Kier alpha value is -1.77. The van der Waals surface area contributed by atoms with Crippen LogP contribution in [-0.2, 0) is 4.79 Å². The van der Waals surface area contributed by atoms with Crippen molar-refractivity contribution < 1.29 is 9.59 Å². The van der Waals surface area contributed by atoms with E-state index in [1.807, 2.05) is 0 Å². The highest BCUT2D eigenvalue weighted by Crippen LogP contribution is 2.04. The van der Waals surface area contributed by atoms with Gasteiger partial charge in [-0.05, 0) is 18.2 Å². The van der Waals surface area contributed by atoms with Gasteiger partial charge in [-0.25, -0.2) is 5.84 Å². The third kappa shape index (κ3) is 4.72. The summed E-state index contributed by atoms with van der Waals surface area (Å²) in [6.07, 6.45) is 0. The van der Waals surface area contributed by atoms with E-state index in [1.165, 1.54) is 6.92 Å². The number of nitrogens with two attached hydrogens (primary N) is 1. The van der Waals surface area contributed by atoms with Crippen LogP contribution in [-0.4, -0.2) is 16.8 Å². The van der Waals surface area contributed by atoms with E-state index in [4.69, 9.17) is 5.84 Å². The lowest BCUT2D eigenvalue weighted by atomic mass is 10.1. The lowest BCUT2D eigenvalue weighted by Gasteiger charge is -1.99. The molecule has 1 aromatic carbocycles. The van der Waals surface area contributed by atoms with E-state index in [0.717, 1.165) is 17.3 Å². The Labute approximate surface area is 104 Å². The molecule has 0 aliphatic carbocycles. The van der Waals surface area contributed by atoms with Crippen LogP contribution >= 0.6 is 11.8 Å². The van der Waals surface area contributed by atoms with Gasteiger partial charge < -0.3 is 0 Å². The molecule has 0 aliphatic rings. The average Bonchev–Trinajstić information content (AvgIpc) is 2.34. The average molecular weight is 248 g/mol. The number of hydrogen-bond donors (Lipinski definition) is 2. The summed E-state index contributed by atoms with van der Waals surface area (Å²) in [5.41, 5.74) is 3.23. The number of rotatable bonds is 2. The van der Waals surface area contributed by atoms with Gasteiger partial charge in [-0.2, -0.15) is 0 Å². The van der Waals surface area contributed by atoms with Crippen molar-refractivity contribution >= 4 is 22.8 Å². The first-order chi connectivity index (χ1) is 8.13. The molecule has 0 fully saturated rings. The largest absolute Gasteiger partial charge is 0.290 e. The Morgan fingerprint density at radius 3 is 2.88 bits per heavy atom. The number of carbonyl (C=O) groups is 2. The molecular formula is C12H12N2O2S. The number of nitrogen functional groups attached to an aromatic ring is 1. The maximum atomic E-state index is 11.3. The van der Waals surface area contributed by atoms with Gasteiger partial charge in [0.1, 0.15) is 0 Å². The summed E-state index contributed by atoms with van der Waals surface area (Å²) in [5.74, 6) is 10.8. The molecule has 5 heteroatoms. The van der Waals surface area contributed by atoms with Crippen molar-refractivity contribution in [3.05, 3.63) is 35.4 Å². The molecule has 0 atom stereocenters. The lowest BCUT2D eigenvalue weighted by Crippen LogP contribution is -2.29. The van der Waals surface area contributed by atoms with E-state index < -0.39 is 0 Å². The van der Waals surface area contributed by atoms with E-state index in [-0.39, 0.29) is 11.0 Å². The Bertz CT molecular complexity index is 489. The van der Waals surface area contributed by atoms with Crippen molar-refractivity contribution in [3.63, 3.8) is 0 Å². The number of hydrogen-bond acceptors (Lipinski definition) is 4. The Kier molecular flexibility index (Phi) is 5.27. The summed E-state index contributed by atoms with van der Waals surface area (Å²) in [7, 11) is 0. The van der Waals surface area contributed by atoms with Gasteiger partial charge in [-0.15, -0.1) is 0 Å². The third-order valence-corrected chi connectivity index (χ3v) is 2.53. The van der Waals surface area contributed by atoms with Gasteiger partial charge in [-0.1, -0.05) is 29.7 Å². The van der Waals surface area contributed by atoms with Crippen LogP contribution in [0.5, 0.6) is 0 Å². The third-order valence-electron chi connectivity index (χ3n) is 1.84. The molecule has 0 saturated carbocycles. The second kappa shape index (κ2) is 6.74. The molecule has 4 nitrogen and oxygen atoms in total. The van der Waals surface area contributed by atoms with Gasteiger partial charge in [0.25, 0.3) is 5.91 Å². The van der Waals surface area contributed by atoms with Crippen molar-refractivity contribution in [1.82, 2.24) is 5.43 Å². The molecule has 1 amide bonds. The zero-order valence-corrected chi connectivity index (χ0v) is 10.1. The van der Waals surface area contributed by atoms with Crippen LogP contribution < -0.4 is 11.3 Å². The normalized spacial score (nSPS) is 9.06. The van der Waals surface area contributed by atoms with E-state index in [1.54, 1.807) is 24.3 Å². The van der Waals surface area contributed by atoms with E-state index in [9.17, 15) is 9.59 Å². The van der Waals surface area contributed by atoms with E-state index in [2.05, 4.69) is 17.3 Å². The maximum absolute atomic E-state index is 11.3. The smallest absolute Gasteiger partial charge is 0.265 e. The van der Waals surface area contributed by atoms with Crippen molar-refractivity contribution in [3.8, 4) is 11.8 Å². The number of hydrazine groups is 1. The minimum absolute atomic E-state index is 0.0376. The first-order valence-electron chi connectivity index (χ1n) is 4.86. The summed E-state index contributed by atoms with van der Waals surface area (Å²) in [5, 5.41) is 0.0376. The molecule has 3 N–H and O–H groups in total. The van der Waals surface area contributed by atoms with Gasteiger partial charge in [0, 0.05) is 18.1 Å². The van der Waals surface area contributed by atoms with Gasteiger partial charge in [0.05, 0.1) is 5.75 Å². The molecule has 1 aromatic rings. The number of carbonyl (C=O) groups excluding carboxylic acids is 2. The van der Waals surface area contributed by atoms with Crippen LogP contribution in [0, 0.1) is 11.8 Å². The van der Waals surface area contributed by atoms with Crippen molar-refractivity contribution in [2.45, 2.75) is 6.92 Å². The molecule has 0 unspecified atom stereocenters. The van der Waals surface area contributed by atoms with Crippen LogP contribution in [0.1, 0.15) is 22.8 Å². The van der Waals surface area contributed by atoms with Crippen molar-refractivity contribution in [1.29, 1.82) is 0 Å². The molecule has 0 heterocycles. The summed E-state index contributed by atoms with van der Waals surface area (Å²) < 4.78 is 0. The second-order valence-electron chi connectivity index (χ2n) is 3.14. The predicted molar refractivity (Wildman–Crippen MR) is 68.1 cm³/mol. The lowest BCUT2D eigenvalue weighted by molar-refractivity contribution is -0.109. The molecule has 0 saturated heterocycles. The van der Waals surface area contributed by atoms with Gasteiger partial charge in [0.15, 0.2) is 5.12 Å². The van der Waals surface area contributed by atoms with Crippen LogP contribution in [0.25, 0.3) is 0 Å². The minimum atomic E-state index is -0.355. The quantitative estimate of drug-likeness (QED) is 0.353. The maximum Gasteiger partial charge on any atom is 0.265 e. The van der Waals surface area contributed by atoms with Crippen LogP contribution in [0.3, 0.4) is 0 Å². The van der Waals surface area contributed by atoms with E-state index in [0.29, 0.717) is 11.3 Å².